The van der Waals surface area contributed by atoms with Gasteiger partial charge in [0.2, 0.25) is 0 Å². The lowest BCUT2D eigenvalue weighted by atomic mass is 9.94. The summed E-state index contributed by atoms with van der Waals surface area (Å²) in [4.78, 5) is 26.5. The van der Waals surface area contributed by atoms with E-state index >= 15 is 0 Å². The van der Waals surface area contributed by atoms with Gasteiger partial charge in [0.05, 0.1) is 19.4 Å². The maximum Gasteiger partial charge on any atom is 0.251 e. The van der Waals surface area contributed by atoms with Crippen LogP contribution < -0.4 is 10.3 Å². The first-order chi connectivity index (χ1) is 15.7. The van der Waals surface area contributed by atoms with Crippen molar-refractivity contribution < 1.29 is 9.47 Å². The molecule has 1 aliphatic rings. The van der Waals surface area contributed by atoms with Gasteiger partial charge in [0.15, 0.2) is 0 Å². The number of rotatable bonds is 8. The highest BCUT2D eigenvalue weighted by molar-refractivity contribution is 5.52. The van der Waals surface area contributed by atoms with E-state index in [9.17, 15) is 4.79 Å². The number of benzene rings is 1. The van der Waals surface area contributed by atoms with E-state index < -0.39 is 0 Å². The van der Waals surface area contributed by atoms with Gasteiger partial charge in [-0.15, -0.1) is 0 Å². The summed E-state index contributed by atoms with van der Waals surface area (Å²) in [6.45, 7) is 5.96. The summed E-state index contributed by atoms with van der Waals surface area (Å²) in [6.07, 6.45) is 5.53. The number of piperidine rings is 1. The van der Waals surface area contributed by atoms with Crippen molar-refractivity contribution in [2.45, 2.75) is 38.8 Å². The van der Waals surface area contributed by atoms with E-state index in [0.717, 1.165) is 55.0 Å². The number of aromatic amines is 1. The van der Waals surface area contributed by atoms with E-state index in [1.165, 1.54) is 5.56 Å². The topological polar surface area (TPSA) is 80.3 Å². The summed E-state index contributed by atoms with van der Waals surface area (Å²) in [5.41, 5.74) is 3.85. The predicted molar refractivity (Wildman–Crippen MR) is 124 cm³/mol. The molecule has 1 aromatic carbocycles. The zero-order valence-corrected chi connectivity index (χ0v) is 18.7. The number of hydrogen-bond acceptors (Lipinski definition) is 6. The van der Waals surface area contributed by atoms with Crippen LogP contribution in [0, 0.1) is 0 Å². The third kappa shape index (κ3) is 5.41. The molecule has 1 N–H and O–H groups in total. The van der Waals surface area contributed by atoms with Gasteiger partial charge in [-0.2, -0.15) is 0 Å². The van der Waals surface area contributed by atoms with Crippen LogP contribution in [0.15, 0.2) is 53.6 Å². The van der Waals surface area contributed by atoms with Crippen LogP contribution in [0.4, 0.5) is 0 Å². The van der Waals surface area contributed by atoms with Crippen LogP contribution in [0.5, 0.6) is 5.75 Å². The number of ether oxygens (including phenoxy) is 2. The number of hydrogen-bond donors (Lipinski definition) is 1. The minimum absolute atomic E-state index is 0.123. The lowest BCUT2D eigenvalue weighted by Crippen LogP contribution is -2.34. The minimum atomic E-state index is -0.123. The molecule has 3 aromatic rings. The predicted octanol–water partition coefficient (Wildman–Crippen LogP) is 3.76. The van der Waals surface area contributed by atoms with E-state index in [1.54, 1.807) is 25.6 Å². The van der Waals surface area contributed by atoms with Crippen LogP contribution >= 0.6 is 0 Å². The standard InChI is InChI=1S/C25H30N4O3/c1-3-32-17-21-12-18(8-9-23(21)31-2)15-29-11-5-7-20(16-29)22-13-24(30)28-25(27-22)19-6-4-10-26-14-19/h4,6,8-10,12-14,20H,3,5,7,11,15-17H2,1-2H3,(H,27,28,30). The third-order valence-corrected chi connectivity index (χ3v) is 5.83. The average molecular weight is 435 g/mol. The first-order valence-corrected chi connectivity index (χ1v) is 11.1. The SMILES string of the molecule is CCOCc1cc(CN2CCCC(c3cc(=O)[nH]c(-c4cccnc4)n3)C2)ccc1OC. The Labute approximate surface area is 188 Å². The van der Waals surface area contributed by atoms with Gasteiger partial charge in [0.1, 0.15) is 11.6 Å². The second kappa shape index (κ2) is 10.5. The molecule has 0 spiro atoms. The molecular weight excluding hydrogens is 404 g/mol. The van der Waals surface area contributed by atoms with Crippen LogP contribution in [-0.4, -0.2) is 46.7 Å². The van der Waals surface area contributed by atoms with E-state index in [4.69, 9.17) is 14.5 Å². The molecule has 0 aliphatic carbocycles. The normalized spacial score (nSPS) is 16.8. The van der Waals surface area contributed by atoms with E-state index in [-0.39, 0.29) is 11.5 Å². The van der Waals surface area contributed by atoms with Crippen molar-refractivity contribution in [1.29, 1.82) is 0 Å². The molecule has 1 saturated heterocycles. The van der Waals surface area contributed by atoms with Gasteiger partial charge in [-0.05, 0) is 56.1 Å². The number of nitrogens with zero attached hydrogens (tertiary/aromatic N) is 3. The molecule has 2 aromatic heterocycles. The summed E-state index contributed by atoms with van der Waals surface area (Å²) in [6, 6.07) is 11.7. The fourth-order valence-electron chi connectivity index (χ4n) is 4.28. The third-order valence-electron chi connectivity index (χ3n) is 5.83. The number of pyridine rings is 1. The average Bonchev–Trinajstić information content (AvgIpc) is 2.83. The molecule has 1 unspecified atom stereocenters. The van der Waals surface area contributed by atoms with Crippen molar-refractivity contribution in [1.82, 2.24) is 19.9 Å². The number of methoxy groups -OCH3 is 1. The Kier molecular flexibility index (Phi) is 7.29. The molecule has 32 heavy (non-hydrogen) atoms. The fraction of sp³-hybridized carbons (Fsp3) is 0.400. The van der Waals surface area contributed by atoms with Gasteiger partial charge in [0, 0.05) is 55.2 Å². The van der Waals surface area contributed by atoms with Crippen molar-refractivity contribution in [2.24, 2.45) is 0 Å². The molecule has 3 heterocycles. The Morgan fingerprint density at radius 1 is 1.25 bits per heavy atom. The highest BCUT2D eigenvalue weighted by atomic mass is 16.5. The van der Waals surface area contributed by atoms with Crippen molar-refractivity contribution in [3.8, 4) is 17.1 Å². The lowest BCUT2D eigenvalue weighted by molar-refractivity contribution is 0.131. The Morgan fingerprint density at radius 2 is 2.16 bits per heavy atom. The first-order valence-electron chi connectivity index (χ1n) is 11.1. The summed E-state index contributed by atoms with van der Waals surface area (Å²) in [5, 5.41) is 0. The van der Waals surface area contributed by atoms with Crippen molar-refractivity contribution in [3.05, 3.63) is 76.0 Å². The molecule has 1 aliphatic heterocycles. The minimum Gasteiger partial charge on any atom is -0.496 e. The molecule has 168 valence electrons. The van der Waals surface area contributed by atoms with Crippen LogP contribution in [0.2, 0.25) is 0 Å². The fourth-order valence-corrected chi connectivity index (χ4v) is 4.28. The van der Waals surface area contributed by atoms with Gasteiger partial charge >= 0.3 is 0 Å². The van der Waals surface area contributed by atoms with Crippen LogP contribution in [0.3, 0.4) is 0 Å². The zero-order chi connectivity index (χ0) is 22.3. The summed E-state index contributed by atoms with van der Waals surface area (Å²) in [7, 11) is 1.69. The molecule has 7 nitrogen and oxygen atoms in total. The maximum absolute atomic E-state index is 12.3. The lowest BCUT2D eigenvalue weighted by Gasteiger charge is -2.32. The first kappa shape index (κ1) is 22.2. The molecule has 4 rings (SSSR count). The highest BCUT2D eigenvalue weighted by Crippen LogP contribution is 2.28. The molecule has 1 fully saturated rings. The summed E-state index contributed by atoms with van der Waals surface area (Å²) in [5.74, 6) is 1.66. The van der Waals surface area contributed by atoms with Gasteiger partial charge in [-0.1, -0.05) is 6.07 Å². The quantitative estimate of drug-likeness (QED) is 0.582. The molecule has 0 amide bonds. The largest absolute Gasteiger partial charge is 0.496 e. The Hall–Kier alpha value is -3.03. The highest BCUT2D eigenvalue weighted by Gasteiger charge is 2.24. The van der Waals surface area contributed by atoms with Crippen molar-refractivity contribution >= 4 is 0 Å². The van der Waals surface area contributed by atoms with Crippen molar-refractivity contribution in [3.63, 3.8) is 0 Å². The Bertz CT molecular complexity index is 1080. The second-order valence-corrected chi connectivity index (χ2v) is 8.12. The van der Waals surface area contributed by atoms with Gasteiger partial charge in [-0.3, -0.25) is 14.7 Å². The molecule has 0 bridgehead atoms. The number of aromatic nitrogens is 3. The molecule has 7 heteroatoms. The van der Waals surface area contributed by atoms with Crippen LogP contribution in [0.25, 0.3) is 11.4 Å². The second-order valence-electron chi connectivity index (χ2n) is 8.12. The smallest absolute Gasteiger partial charge is 0.251 e. The molecule has 0 radical (unpaired) electrons. The zero-order valence-electron chi connectivity index (χ0n) is 18.7. The van der Waals surface area contributed by atoms with E-state index in [0.29, 0.717) is 19.0 Å². The van der Waals surface area contributed by atoms with E-state index in [2.05, 4.69) is 27.0 Å². The van der Waals surface area contributed by atoms with E-state index in [1.807, 2.05) is 25.1 Å². The Morgan fingerprint density at radius 3 is 2.94 bits per heavy atom. The number of H-pyrrole nitrogens is 1. The van der Waals surface area contributed by atoms with Crippen LogP contribution in [-0.2, 0) is 17.9 Å². The van der Waals surface area contributed by atoms with Crippen molar-refractivity contribution in [2.75, 3.05) is 26.8 Å². The molecule has 0 saturated carbocycles. The van der Waals surface area contributed by atoms with Crippen LogP contribution in [0.1, 0.15) is 42.5 Å². The Balaban J connectivity index is 1.50. The number of nitrogens with one attached hydrogen (secondary N) is 1. The number of likely N-dealkylation sites (tertiary alicyclic amines) is 1. The summed E-state index contributed by atoms with van der Waals surface area (Å²) >= 11 is 0. The molecule has 1 atom stereocenters. The molecular formula is C25H30N4O3. The maximum atomic E-state index is 12.3. The van der Waals surface area contributed by atoms with Gasteiger partial charge in [0.25, 0.3) is 5.56 Å². The monoisotopic (exact) mass is 434 g/mol. The summed E-state index contributed by atoms with van der Waals surface area (Å²) < 4.78 is 11.1. The van der Waals surface area contributed by atoms with Gasteiger partial charge < -0.3 is 14.5 Å². The van der Waals surface area contributed by atoms with Gasteiger partial charge in [-0.25, -0.2) is 4.98 Å².